The molecule has 43 heavy (non-hydrogen) atoms. The number of carbonyl (C=O) groups excluding carboxylic acids is 5. The van der Waals surface area contributed by atoms with E-state index in [0.717, 1.165) is 11.0 Å². The van der Waals surface area contributed by atoms with Crippen LogP contribution in [0.1, 0.15) is 47.4 Å². The Bertz CT molecular complexity index is 1480. The van der Waals surface area contributed by atoms with Gasteiger partial charge in [0.1, 0.15) is 17.3 Å². The summed E-state index contributed by atoms with van der Waals surface area (Å²) in [5, 5.41) is 0. The summed E-state index contributed by atoms with van der Waals surface area (Å²) in [6, 6.07) is 12.5. The fourth-order valence-corrected chi connectivity index (χ4v) is 4.36. The molecule has 1 aliphatic heterocycles. The quantitative estimate of drug-likeness (QED) is 0.117. The standard InChI is InChI=1S/C31H25NO9.C2H6/c1-2-29(35)39-17-3-16-38-22-10-6-20(7-11-22)31(37)41-26-13-12-25(23-18-24(23)26)40-30(36)19-4-8-21(9-5-19)32-27(33)14-15-28(32)34;1-2/h2,4-15,23-24H,1,3,16-18H2;1-2H3. The predicted molar refractivity (Wildman–Crippen MR) is 156 cm³/mol. The molecule has 222 valence electrons. The van der Waals surface area contributed by atoms with Crippen LogP contribution in [-0.4, -0.2) is 42.9 Å². The predicted octanol–water partition coefficient (Wildman–Crippen LogP) is 5.07. The van der Waals surface area contributed by atoms with Gasteiger partial charge in [-0.25, -0.2) is 19.3 Å². The first-order chi connectivity index (χ1) is 20.8. The zero-order valence-electron chi connectivity index (χ0n) is 23.8. The fourth-order valence-electron chi connectivity index (χ4n) is 4.36. The highest BCUT2D eigenvalue weighted by atomic mass is 16.5. The molecule has 3 aliphatic rings. The van der Waals surface area contributed by atoms with Gasteiger partial charge in [0.05, 0.1) is 30.0 Å². The SMILES string of the molecule is C=CC(=O)OCCCOc1ccc(C(=O)OC2=CC=C(OC(=O)c3ccc(N4C(=O)C=CC4=O)cc3)C3CC23)cc1.CC. The summed E-state index contributed by atoms with van der Waals surface area (Å²) in [6.07, 6.45) is 7.92. The van der Waals surface area contributed by atoms with Crippen molar-refractivity contribution in [3.05, 3.63) is 108 Å². The van der Waals surface area contributed by atoms with Crippen molar-refractivity contribution in [3.63, 3.8) is 0 Å². The lowest BCUT2D eigenvalue weighted by atomic mass is 10.1. The number of nitrogens with zero attached hydrogens (tertiary/aromatic N) is 1. The maximum absolute atomic E-state index is 12.7. The summed E-state index contributed by atoms with van der Waals surface area (Å²) < 4.78 is 21.7. The second-order valence-corrected chi connectivity index (χ2v) is 9.36. The lowest BCUT2D eigenvalue weighted by Crippen LogP contribution is -2.29. The van der Waals surface area contributed by atoms with Gasteiger partial charge in [0.25, 0.3) is 11.8 Å². The Morgan fingerprint density at radius 2 is 1.33 bits per heavy atom. The number of allylic oxidation sites excluding steroid dienone is 4. The van der Waals surface area contributed by atoms with Gasteiger partial charge in [-0.15, -0.1) is 0 Å². The molecule has 10 heteroatoms. The molecule has 2 atom stereocenters. The molecule has 10 nitrogen and oxygen atoms in total. The van der Waals surface area contributed by atoms with Crippen LogP contribution in [0.5, 0.6) is 5.75 Å². The van der Waals surface area contributed by atoms with Gasteiger partial charge >= 0.3 is 17.9 Å². The molecule has 2 aliphatic carbocycles. The van der Waals surface area contributed by atoms with Gasteiger partial charge in [-0.1, -0.05) is 20.4 Å². The summed E-state index contributed by atoms with van der Waals surface area (Å²) in [6.45, 7) is 7.89. The number of esters is 3. The summed E-state index contributed by atoms with van der Waals surface area (Å²) in [7, 11) is 0. The van der Waals surface area contributed by atoms with Crippen molar-refractivity contribution < 1.29 is 42.9 Å². The first-order valence-corrected chi connectivity index (χ1v) is 13.9. The molecule has 2 aromatic carbocycles. The Labute approximate surface area is 248 Å². The number of anilines is 1. The number of carbonyl (C=O) groups is 5. The van der Waals surface area contributed by atoms with Crippen LogP contribution in [0.15, 0.2) is 97.0 Å². The normalized spacial score (nSPS) is 17.9. The molecular formula is C33H31NO9. The number of benzene rings is 2. The van der Waals surface area contributed by atoms with Crippen LogP contribution in [0.2, 0.25) is 0 Å². The van der Waals surface area contributed by atoms with Crippen molar-refractivity contribution in [2.45, 2.75) is 26.7 Å². The molecule has 1 heterocycles. The van der Waals surface area contributed by atoms with Crippen molar-refractivity contribution >= 4 is 35.4 Å². The van der Waals surface area contributed by atoms with Gasteiger partial charge in [0.2, 0.25) is 0 Å². The third kappa shape index (κ3) is 7.53. The average Bonchev–Trinajstić information content (AvgIpc) is 3.78. The van der Waals surface area contributed by atoms with E-state index in [0.29, 0.717) is 48.0 Å². The molecule has 2 unspecified atom stereocenters. The van der Waals surface area contributed by atoms with Crippen LogP contribution in [0.3, 0.4) is 0 Å². The third-order valence-corrected chi connectivity index (χ3v) is 6.58. The third-order valence-electron chi connectivity index (χ3n) is 6.58. The first kappa shape index (κ1) is 30.7. The smallest absolute Gasteiger partial charge is 0.343 e. The van der Waals surface area contributed by atoms with Gasteiger partial charge in [-0.3, -0.25) is 9.59 Å². The molecule has 0 spiro atoms. The van der Waals surface area contributed by atoms with E-state index in [1.807, 2.05) is 13.8 Å². The molecule has 2 amide bonds. The van der Waals surface area contributed by atoms with Crippen molar-refractivity contribution in [2.24, 2.45) is 11.8 Å². The van der Waals surface area contributed by atoms with Crippen LogP contribution < -0.4 is 9.64 Å². The Morgan fingerprint density at radius 1 is 0.814 bits per heavy atom. The molecule has 5 rings (SSSR count). The van der Waals surface area contributed by atoms with Crippen molar-refractivity contribution in [3.8, 4) is 5.75 Å². The van der Waals surface area contributed by atoms with Crippen LogP contribution in [-0.2, 0) is 28.6 Å². The van der Waals surface area contributed by atoms with E-state index in [9.17, 15) is 24.0 Å². The van der Waals surface area contributed by atoms with Crippen molar-refractivity contribution in [1.29, 1.82) is 0 Å². The number of hydrogen-bond donors (Lipinski definition) is 0. The summed E-state index contributed by atoms with van der Waals surface area (Å²) >= 11 is 0. The summed E-state index contributed by atoms with van der Waals surface area (Å²) in [5.74, 6) is -1.02. The van der Waals surface area contributed by atoms with E-state index < -0.39 is 29.7 Å². The highest BCUT2D eigenvalue weighted by molar-refractivity contribution is 6.28. The zero-order valence-corrected chi connectivity index (χ0v) is 23.8. The number of amides is 2. The highest BCUT2D eigenvalue weighted by Gasteiger charge is 2.48. The first-order valence-electron chi connectivity index (χ1n) is 13.9. The van der Waals surface area contributed by atoms with E-state index in [-0.39, 0.29) is 24.0 Å². The van der Waals surface area contributed by atoms with Gasteiger partial charge in [0.15, 0.2) is 0 Å². The van der Waals surface area contributed by atoms with E-state index in [1.165, 1.54) is 36.4 Å². The zero-order chi connectivity index (χ0) is 30.9. The largest absolute Gasteiger partial charge is 0.493 e. The van der Waals surface area contributed by atoms with Crippen molar-refractivity contribution in [1.82, 2.24) is 0 Å². The van der Waals surface area contributed by atoms with Crippen LogP contribution in [0.4, 0.5) is 5.69 Å². The van der Waals surface area contributed by atoms with Crippen LogP contribution >= 0.6 is 0 Å². The minimum atomic E-state index is -0.570. The highest BCUT2D eigenvalue weighted by Crippen LogP contribution is 2.52. The van der Waals surface area contributed by atoms with Gasteiger partial charge in [0, 0.05) is 36.5 Å². The minimum absolute atomic E-state index is 0.0633. The molecule has 0 bridgehead atoms. The summed E-state index contributed by atoms with van der Waals surface area (Å²) in [4.78, 5) is 61.1. The Balaban J connectivity index is 0.00000207. The summed E-state index contributed by atoms with van der Waals surface area (Å²) in [5.41, 5.74) is 0.984. The van der Waals surface area contributed by atoms with Crippen molar-refractivity contribution in [2.75, 3.05) is 18.1 Å². The molecule has 0 radical (unpaired) electrons. The average molecular weight is 586 g/mol. The van der Waals surface area contributed by atoms with Gasteiger partial charge in [-0.05, 0) is 67.1 Å². The fraction of sp³-hybridized carbons (Fsp3) is 0.242. The topological polar surface area (TPSA) is 126 Å². The molecule has 2 aromatic rings. The number of fused-ring (bicyclic) bond motifs is 1. The number of rotatable bonds is 11. The molecule has 0 aromatic heterocycles. The number of hydrogen-bond acceptors (Lipinski definition) is 9. The molecule has 0 saturated heterocycles. The van der Waals surface area contributed by atoms with Crippen LogP contribution in [0, 0.1) is 11.8 Å². The molecule has 1 fully saturated rings. The lowest BCUT2D eigenvalue weighted by Gasteiger charge is -2.16. The maximum atomic E-state index is 12.7. The lowest BCUT2D eigenvalue weighted by molar-refractivity contribution is -0.138. The second kappa shape index (κ2) is 14.1. The maximum Gasteiger partial charge on any atom is 0.343 e. The molecular weight excluding hydrogens is 554 g/mol. The van der Waals surface area contributed by atoms with Gasteiger partial charge in [-0.2, -0.15) is 0 Å². The Kier molecular flexibility index (Phi) is 10.1. The van der Waals surface area contributed by atoms with E-state index in [4.69, 9.17) is 18.9 Å². The van der Waals surface area contributed by atoms with Crippen LogP contribution in [0.25, 0.3) is 0 Å². The van der Waals surface area contributed by atoms with Gasteiger partial charge < -0.3 is 18.9 Å². The van der Waals surface area contributed by atoms with E-state index >= 15 is 0 Å². The molecule has 0 N–H and O–H groups in total. The monoisotopic (exact) mass is 585 g/mol. The second-order valence-electron chi connectivity index (χ2n) is 9.36. The Hall–Kier alpha value is -5.25. The Morgan fingerprint density at radius 3 is 1.84 bits per heavy atom. The molecule has 1 saturated carbocycles. The number of imide groups is 1. The van der Waals surface area contributed by atoms with E-state index in [2.05, 4.69) is 6.58 Å². The number of ether oxygens (including phenoxy) is 4. The van der Waals surface area contributed by atoms with E-state index in [1.54, 1.807) is 36.4 Å². The minimum Gasteiger partial charge on any atom is -0.493 e.